The molecule has 0 atom stereocenters. The monoisotopic (exact) mass is 291 g/mol. The van der Waals surface area contributed by atoms with Gasteiger partial charge in [0.15, 0.2) is 11.5 Å². The molecule has 8 nitrogen and oxygen atoms in total. The lowest BCUT2D eigenvalue weighted by Crippen LogP contribution is -2.37. The molecule has 112 valence electrons. The van der Waals surface area contributed by atoms with Gasteiger partial charge in [0.1, 0.15) is 12.4 Å². The van der Waals surface area contributed by atoms with Crippen LogP contribution in [0.4, 0.5) is 5.82 Å². The lowest BCUT2D eigenvalue weighted by molar-refractivity contribution is -0.142. The Morgan fingerprint density at radius 3 is 2.81 bits per heavy atom. The van der Waals surface area contributed by atoms with Crippen LogP contribution in [-0.2, 0) is 16.1 Å². The van der Waals surface area contributed by atoms with Crippen molar-refractivity contribution in [2.75, 3.05) is 25.1 Å². The smallest absolute Gasteiger partial charge is 0.306 e. The first-order valence-corrected chi connectivity index (χ1v) is 6.87. The molecule has 0 unspecified atom stereocenters. The second-order valence-corrected chi connectivity index (χ2v) is 5.11. The van der Waals surface area contributed by atoms with E-state index in [4.69, 9.17) is 9.84 Å². The van der Waals surface area contributed by atoms with Crippen molar-refractivity contribution in [2.24, 2.45) is 5.92 Å². The van der Waals surface area contributed by atoms with Crippen LogP contribution in [0.1, 0.15) is 18.7 Å². The first-order chi connectivity index (χ1) is 10.2. The Morgan fingerprint density at radius 1 is 1.38 bits per heavy atom. The van der Waals surface area contributed by atoms with Gasteiger partial charge < -0.3 is 14.7 Å². The number of anilines is 1. The number of carbonyl (C=O) groups is 1. The van der Waals surface area contributed by atoms with E-state index in [-0.39, 0.29) is 5.92 Å². The van der Waals surface area contributed by atoms with E-state index in [0.29, 0.717) is 44.0 Å². The van der Waals surface area contributed by atoms with Crippen LogP contribution in [0.2, 0.25) is 0 Å². The highest BCUT2D eigenvalue weighted by molar-refractivity contribution is 5.70. The normalized spacial score (nSPS) is 16.5. The Bertz CT molecular complexity index is 648. The highest BCUT2D eigenvalue weighted by atomic mass is 16.5. The molecule has 1 saturated heterocycles. The molecule has 3 rings (SSSR count). The van der Waals surface area contributed by atoms with Crippen LogP contribution in [0.5, 0.6) is 0 Å². The molecular formula is C13H17N5O3. The predicted molar refractivity (Wildman–Crippen MR) is 74.1 cm³/mol. The lowest BCUT2D eigenvalue weighted by Gasteiger charge is -2.30. The number of methoxy groups -OCH3 is 1. The molecule has 2 aromatic heterocycles. The average Bonchev–Trinajstić information content (AvgIpc) is 2.90. The SMILES string of the molecule is COCc1nnc2ccc(N3CCC(C(=O)O)CC3)nn12. The number of aliphatic carboxylic acids is 1. The summed E-state index contributed by atoms with van der Waals surface area (Å²) in [7, 11) is 1.60. The number of ether oxygens (including phenoxy) is 1. The molecule has 2 aromatic rings. The molecule has 8 heteroatoms. The van der Waals surface area contributed by atoms with E-state index in [1.807, 2.05) is 12.1 Å². The fourth-order valence-corrected chi connectivity index (χ4v) is 2.57. The fraction of sp³-hybridized carbons (Fsp3) is 0.538. The van der Waals surface area contributed by atoms with Gasteiger partial charge in [0.25, 0.3) is 0 Å². The van der Waals surface area contributed by atoms with Crippen molar-refractivity contribution in [2.45, 2.75) is 19.4 Å². The number of hydrogen-bond donors (Lipinski definition) is 1. The highest BCUT2D eigenvalue weighted by Gasteiger charge is 2.25. The standard InChI is InChI=1S/C13H17N5O3/c1-21-8-12-15-14-10-2-3-11(16-18(10)12)17-6-4-9(5-7-17)13(19)20/h2-3,9H,4-8H2,1H3,(H,19,20). The Labute approximate surface area is 121 Å². The first-order valence-electron chi connectivity index (χ1n) is 6.87. The maximum Gasteiger partial charge on any atom is 0.306 e. The zero-order valence-corrected chi connectivity index (χ0v) is 11.8. The summed E-state index contributed by atoms with van der Waals surface area (Å²) in [6.07, 6.45) is 1.28. The van der Waals surface area contributed by atoms with Gasteiger partial charge in [0, 0.05) is 20.2 Å². The van der Waals surface area contributed by atoms with Gasteiger partial charge in [-0.3, -0.25) is 4.79 Å². The minimum atomic E-state index is -0.709. The van der Waals surface area contributed by atoms with E-state index >= 15 is 0 Å². The number of fused-ring (bicyclic) bond motifs is 1. The summed E-state index contributed by atoms with van der Waals surface area (Å²) in [5.74, 6) is 0.501. The second-order valence-electron chi connectivity index (χ2n) is 5.11. The summed E-state index contributed by atoms with van der Waals surface area (Å²) in [5, 5.41) is 21.6. The van der Waals surface area contributed by atoms with Crippen LogP contribution >= 0.6 is 0 Å². The van der Waals surface area contributed by atoms with Crippen molar-refractivity contribution in [1.82, 2.24) is 19.8 Å². The first kappa shape index (κ1) is 13.7. The lowest BCUT2D eigenvalue weighted by atomic mass is 9.97. The Balaban J connectivity index is 1.81. The third-order valence-electron chi connectivity index (χ3n) is 3.75. The molecule has 0 bridgehead atoms. The van der Waals surface area contributed by atoms with Crippen LogP contribution in [-0.4, -0.2) is 51.1 Å². The molecule has 1 aliphatic rings. The molecule has 3 heterocycles. The molecule has 0 saturated carbocycles. The van der Waals surface area contributed by atoms with Crippen LogP contribution in [0.25, 0.3) is 5.65 Å². The van der Waals surface area contributed by atoms with Gasteiger partial charge in [-0.25, -0.2) is 0 Å². The van der Waals surface area contributed by atoms with Gasteiger partial charge in [0.05, 0.1) is 5.92 Å². The summed E-state index contributed by atoms with van der Waals surface area (Å²) in [6.45, 7) is 1.73. The van der Waals surface area contributed by atoms with Gasteiger partial charge in [-0.2, -0.15) is 4.52 Å². The summed E-state index contributed by atoms with van der Waals surface area (Å²) < 4.78 is 6.75. The Kier molecular flexibility index (Phi) is 3.70. The summed E-state index contributed by atoms with van der Waals surface area (Å²) in [6, 6.07) is 3.75. The maximum absolute atomic E-state index is 11.0. The van der Waals surface area contributed by atoms with Crippen molar-refractivity contribution in [3.8, 4) is 0 Å². The molecule has 0 aliphatic carbocycles. The molecular weight excluding hydrogens is 274 g/mol. The quantitative estimate of drug-likeness (QED) is 0.880. The van der Waals surface area contributed by atoms with Crippen molar-refractivity contribution < 1.29 is 14.6 Å². The van der Waals surface area contributed by atoms with Crippen molar-refractivity contribution >= 4 is 17.4 Å². The van der Waals surface area contributed by atoms with Gasteiger partial charge >= 0.3 is 5.97 Å². The third-order valence-corrected chi connectivity index (χ3v) is 3.75. The van der Waals surface area contributed by atoms with E-state index in [1.54, 1.807) is 11.6 Å². The Hall–Kier alpha value is -2.22. The number of rotatable bonds is 4. The van der Waals surface area contributed by atoms with E-state index in [0.717, 1.165) is 5.82 Å². The van der Waals surface area contributed by atoms with Crippen LogP contribution in [0.15, 0.2) is 12.1 Å². The minimum Gasteiger partial charge on any atom is -0.481 e. The highest BCUT2D eigenvalue weighted by Crippen LogP contribution is 2.22. The molecule has 1 N–H and O–H groups in total. The van der Waals surface area contributed by atoms with E-state index < -0.39 is 5.97 Å². The Morgan fingerprint density at radius 2 is 2.14 bits per heavy atom. The van der Waals surface area contributed by atoms with E-state index in [1.165, 1.54) is 0 Å². The predicted octanol–water partition coefficient (Wildman–Crippen LogP) is 0.572. The number of carboxylic acids is 1. The zero-order valence-electron chi connectivity index (χ0n) is 11.8. The molecule has 0 radical (unpaired) electrons. The number of aromatic nitrogens is 4. The topological polar surface area (TPSA) is 92.9 Å². The van der Waals surface area contributed by atoms with Crippen LogP contribution in [0.3, 0.4) is 0 Å². The molecule has 0 spiro atoms. The number of piperidine rings is 1. The van der Waals surface area contributed by atoms with Crippen molar-refractivity contribution in [1.29, 1.82) is 0 Å². The summed E-state index contributed by atoms with van der Waals surface area (Å²) in [4.78, 5) is 13.1. The molecule has 21 heavy (non-hydrogen) atoms. The molecule has 1 fully saturated rings. The van der Waals surface area contributed by atoms with Crippen LogP contribution in [0, 0.1) is 5.92 Å². The fourth-order valence-electron chi connectivity index (χ4n) is 2.57. The largest absolute Gasteiger partial charge is 0.481 e. The number of nitrogens with zero attached hydrogens (tertiary/aromatic N) is 5. The maximum atomic E-state index is 11.0. The minimum absolute atomic E-state index is 0.246. The van der Waals surface area contributed by atoms with E-state index in [9.17, 15) is 4.79 Å². The molecule has 1 aliphatic heterocycles. The summed E-state index contributed by atoms with van der Waals surface area (Å²) in [5.41, 5.74) is 0.672. The zero-order chi connectivity index (χ0) is 14.8. The second kappa shape index (κ2) is 5.65. The van der Waals surface area contributed by atoms with Crippen molar-refractivity contribution in [3.63, 3.8) is 0 Å². The third kappa shape index (κ3) is 2.66. The van der Waals surface area contributed by atoms with E-state index in [2.05, 4.69) is 20.2 Å². The van der Waals surface area contributed by atoms with Gasteiger partial charge in [0.2, 0.25) is 0 Å². The summed E-state index contributed by atoms with van der Waals surface area (Å²) >= 11 is 0. The van der Waals surface area contributed by atoms with Gasteiger partial charge in [-0.05, 0) is 25.0 Å². The average molecular weight is 291 g/mol. The van der Waals surface area contributed by atoms with Crippen molar-refractivity contribution in [3.05, 3.63) is 18.0 Å². The van der Waals surface area contributed by atoms with Gasteiger partial charge in [-0.15, -0.1) is 15.3 Å². The number of hydrogen-bond acceptors (Lipinski definition) is 6. The van der Waals surface area contributed by atoms with Crippen LogP contribution < -0.4 is 4.90 Å². The molecule has 0 aromatic carbocycles. The molecule has 0 amide bonds. The van der Waals surface area contributed by atoms with Gasteiger partial charge in [-0.1, -0.05) is 0 Å². The number of carboxylic acid groups (broad SMARTS) is 1.